The van der Waals surface area contributed by atoms with Crippen LogP contribution in [0.4, 0.5) is 23.2 Å². The zero-order valence-electron chi connectivity index (χ0n) is 12.2. The highest BCUT2D eigenvalue weighted by Crippen LogP contribution is 2.20. The van der Waals surface area contributed by atoms with Crippen LogP contribution in [0.15, 0.2) is 30.3 Å². The van der Waals surface area contributed by atoms with Gasteiger partial charge in [-0.1, -0.05) is 0 Å². The van der Waals surface area contributed by atoms with E-state index in [1.54, 1.807) is 6.07 Å². The first-order valence-electron chi connectivity index (χ1n) is 6.79. The zero-order chi connectivity index (χ0) is 17.7. The van der Waals surface area contributed by atoms with Gasteiger partial charge in [-0.15, -0.1) is 0 Å². The van der Waals surface area contributed by atoms with Gasteiger partial charge < -0.3 is 15.2 Å². The summed E-state index contributed by atoms with van der Waals surface area (Å²) in [6.07, 6.45) is -1.17. The molecule has 0 spiro atoms. The summed E-state index contributed by atoms with van der Waals surface area (Å²) in [7, 11) is 0. The normalized spacial score (nSPS) is 11.7. The van der Waals surface area contributed by atoms with Crippen LogP contribution >= 0.6 is 0 Å². The summed E-state index contributed by atoms with van der Waals surface area (Å²) in [5.41, 5.74) is -0.654. The molecule has 0 saturated heterocycles. The quantitative estimate of drug-likeness (QED) is 0.794. The molecule has 0 aliphatic rings. The molecule has 0 aromatic heterocycles. The minimum Gasteiger partial charge on any atom is -0.491 e. The topological polar surface area (TPSA) is 65.3 Å². The van der Waals surface area contributed by atoms with Crippen LogP contribution in [0.3, 0.4) is 0 Å². The van der Waals surface area contributed by atoms with Crippen molar-refractivity contribution in [3.05, 3.63) is 59.2 Å². The molecule has 4 nitrogen and oxygen atoms in total. The van der Waals surface area contributed by atoms with E-state index in [1.165, 1.54) is 6.07 Å². The van der Waals surface area contributed by atoms with Crippen molar-refractivity contribution < 1.29 is 27.4 Å². The van der Waals surface area contributed by atoms with Crippen molar-refractivity contribution in [2.24, 2.45) is 0 Å². The minimum atomic E-state index is -1.17. The Bertz CT molecular complexity index is 754. The molecule has 2 aromatic carbocycles. The molecule has 0 amide bonds. The molecule has 2 rings (SSSR count). The molecule has 0 radical (unpaired) electrons. The lowest BCUT2D eigenvalue weighted by atomic mass is 10.2. The largest absolute Gasteiger partial charge is 0.491 e. The summed E-state index contributed by atoms with van der Waals surface area (Å²) in [5, 5.41) is 20.7. The average Bonchev–Trinajstić information content (AvgIpc) is 2.55. The Labute approximate surface area is 134 Å². The molecule has 0 saturated carbocycles. The van der Waals surface area contributed by atoms with Crippen molar-refractivity contribution >= 4 is 5.69 Å². The van der Waals surface area contributed by atoms with E-state index in [-0.39, 0.29) is 24.5 Å². The summed E-state index contributed by atoms with van der Waals surface area (Å²) in [4.78, 5) is 0. The predicted molar refractivity (Wildman–Crippen MR) is 77.4 cm³/mol. The van der Waals surface area contributed by atoms with Crippen LogP contribution < -0.4 is 10.1 Å². The van der Waals surface area contributed by atoms with Crippen LogP contribution in [0.25, 0.3) is 0 Å². The van der Waals surface area contributed by atoms with E-state index >= 15 is 0 Å². The number of nitrogens with zero attached hydrogens (tertiary/aromatic N) is 1. The molecule has 24 heavy (non-hydrogen) atoms. The van der Waals surface area contributed by atoms with Gasteiger partial charge in [-0.05, 0) is 24.3 Å². The molecule has 1 atom stereocenters. The smallest absolute Gasteiger partial charge is 0.162 e. The summed E-state index contributed by atoms with van der Waals surface area (Å²) in [6, 6.07) is 6.19. The van der Waals surface area contributed by atoms with Crippen molar-refractivity contribution in [1.29, 1.82) is 5.26 Å². The number of aliphatic hydroxyl groups is 1. The SMILES string of the molecule is N#Cc1cc(F)c(NC[C@H](O)COc2ccc(F)c(F)c2)c(F)c1. The lowest BCUT2D eigenvalue weighted by Crippen LogP contribution is -2.27. The second-order valence-electron chi connectivity index (χ2n) is 4.85. The van der Waals surface area contributed by atoms with Crippen molar-refractivity contribution in [3.63, 3.8) is 0 Å². The van der Waals surface area contributed by atoms with E-state index in [2.05, 4.69) is 5.32 Å². The Morgan fingerprint density at radius 3 is 2.29 bits per heavy atom. The molecule has 126 valence electrons. The molecule has 2 N–H and O–H groups in total. The van der Waals surface area contributed by atoms with E-state index in [0.29, 0.717) is 0 Å². The Morgan fingerprint density at radius 2 is 1.71 bits per heavy atom. The fourth-order valence-electron chi connectivity index (χ4n) is 1.84. The molecule has 0 heterocycles. The molecular formula is C16H12F4N2O2. The zero-order valence-corrected chi connectivity index (χ0v) is 12.2. The molecule has 2 aromatic rings. The second-order valence-corrected chi connectivity index (χ2v) is 4.85. The molecular weight excluding hydrogens is 328 g/mol. The number of hydrogen-bond acceptors (Lipinski definition) is 4. The van der Waals surface area contributed by atoms with Gasteiger partial charge in [-0.2, -0.15) is 5.26 Å². The van der Waals surface area contributed by atoms with E-state index in [9.17, 15) is 22.7 Å². The van der Waals surface area contributed by atoms with Gasteiger partial charge in [-0.3, -0.25) is 0 Å². The van der Waals surface area contributed by atoms with E-state index in [4.69, 9.17) is 10.00 Å². The number of aliphatic hydroxyl groups excluding tert-OH is 1. The average molecular weight is 340 g/mol. The van der Waals surface area contributed by atoms with Crippen molar-refractivity contribution in [2.45, 2.75) is 6.10 Å². The molecule has 0 fully saturated rings. The highest BCUT2D eigenvalue weighted by molar-refractivity contribution is 5.50. The number of nitrogens with one attached hydrogen (secondary N) is 1. The van der Waals surface area contributed by atoms with E-state index < -0.39 is 35.1 Å². The van der Waals surface area contributed by atoms with Gasteiger partial charge in [0.25, 0.3) is 0 Å². The summed E-state index contributed by atoms with van der Waals surface area (Å²) in [5.74, 6) is -4.07. The summed E-state index contributed by atoms with van der Waals surface area (Å²) < 4.78 is 58.1. The molecule has 0 bridgehead atoms. The monoisotopic (exact) mass is 340 g/mol. The van der Waals surface area contributed by atoms with Gasteiger partial charge in [-0.25, -0.2) is 17.6 Å². The van der Waals surface area contributed by atoms with Gasteiger partial charge in [0.15, 0.2) is 23.3 Å². The van der Waals surface area contributed by atoms with E-state index in [0.717, 1.165) is 24.3 Å². The molecule has 0 aliphatic heterocycles. The van der Waals surface area contributed by atoms with Gasteiger partial charge in [0.2, 0.25) is 0 Å². The van der Waals surface area contributed by atoms with Crippen molar-refractivity contribution in [2.75, 3.05) is 18.5 Å². The minimum absolute atomic E-state index is 0.00341. The summed E-state index contributed by atoms with van der Waals surface area (Å²) >= 11 is 0. The first-order valence-corrected chi connectivity index (χ1v) is 6.79. The first-order chi connectivity index (χ1) is 11.4. The fraction of sp³-hybridized carbons (Fsp3) is 0.188. The van der Waals surface area contributed by atoms with Crippen molar-refractivity contribution in [1.82, 2.24) is 0 Å². The Balaban J connectivity index is 1.90. The van der Waals surface area contributed by atoms with Crippen LogP contribution in [-0.4, -0.2) is 24.4 Å². The maximum atomic E-state index is 13.6. The molecule has 8 heteroatoms. The number of hydrogen-bond donors (Lipinski definition) is 2. The predicted octanol–water partition coefficient (Wildman–Crippen LogP) is 2.97. The lowest BCUT2D eigenvalue weighted by molar-refractivity contribution is 0.117. The highest BCUT2D eigenvalue weighted by Gasteiger charge is 2.13. The Hall–Kier alpha value is -2.79. The maximum Gasteiger partial charge on any atom is 0.162 e. The van der Waals surface area contributed by atoms with Gasteiger partial charge in [0, 0.05) is 12.6 Å². The van der Waals surface area contributed by atoms with Gasteiger partial charge in [0.05, 0.1) is 11.6 Å². The Morgan fingerprint density at radius 1 is 1.04 bits per heavy atom. The van der Waals surface area contributed by atoms with Crippen LogP contribution in [0.5, 0.6) is 5.75 Å². The van der Waals surface area contributed by atoms with Crippen LogP contribution in [0, 0.1) is 34.6 Å². The first kappa shape index (κ1) is 17.6. The number of ether oxygens (including phenoxy) is 1. The Kier molecular flexibility index (Phi) is 5.60. The number of rotatable bonds is 6. The van der Waals surface area contributed by atoms with Gasteiger partial charge >= 0.3 is 0 Å². The van der Waals surface area contributed by atoms with Crippen molar-refractivity contribution in [3.8, 4) is 11.8 Å². The third-order valence-electron chi connectivity index (χ3n) is 3.02. The third-order valence-corrected chi connectivity index (χ3v) is 3.02. The summed E-state index contributed by atoms with van der Waals surface area (Å²) in [6.45, 7) is -0.568. The molecule has 0 unspecified atom stereocenters. The lowest BCUT2D eigenvalue weighted by Gasteiger charge is -2.15. The van der Waals surface area contributed by atoms with E-state index in [1.807, 2.05) is 0 Å². The standard InChI is InChI=1S/C16H12F4N2O2/c17-12-2-1-11(5-13(12)18)24-8-10(23)7-22-16-14(19)3-9(6-21)4-15(16)20/h1-5,10,22-23H,7-8H2/t10-/m0/s1. The van der Waals surface area contributed by atoms with Gasteiger partial charge in [0.1, 0.15) is 24.1 Å². The maximum absolute atomic E-state index is 13.6. The fourth-order valence-corrected chi connectivity index (χ4v) is 1.84. The second kappa shape index (κ2) is 7.66. The van der Waals surface area contributed by atoms with Crippen LogP contribution in [-0.2, 0) is 0 Å². The van der Waals surface area contributed by atoms with Crippen LogP contribution in [0.2, 0.25) is 0 Å². The van der Waals surface area contributed by atoms with Crippen LogP contribution in [0.1, 0.15) is 5.56 Å². The number of halogens is 4. The number of benzene rings is 2. The molecule has 0 aliphatic carbocycles. The number of nitriles is 1. The number of anilines is 1. The highest BCUT2D eigenvalue weighted by atomic mass is 19.2. The third kappa shape index (κ3) is 4.36.